The van der Waals surface area contributed by atoms with Crippen LogP contribution in [0.15, 0.2) is 41.3 Å². The Balaban J connectivity index is 2.32. The van der Waals surface area contributed by atoms with E-state index in [-0.39, 0.29) is 6.04 Å². The molecule has 1 aliphatic carbocycles. The normalized spacial score (nSPS) is 18.0. The standard InChI is InChI=1S/C18H23NO2S/c1-3-4-8-15-19(17-9-6-5-7-10-17)22(20,21)18-13-11-16(2)12-14-18/h6,9,11-14,17H,5,7-8,10,15H2,1-2H3. The highest BCUT2D eigenvalue weighted by Crippen LogP contribution is 2.24. The van der Waals surface area contributed by atoms with Gasteiger partial charge >= 0.3 is 0 Å². The van der Waals surface area contributed by atoms with Gasteiger partial charge in [-0.25, -0.2) is 8.42 Å². The highest BCUT2D eigenvalue weighted by atomic mass is 32.2. The third-order valence-corrected chi connectivity index (χ3v) is 5.80. The van der Waals surface area contributed by atoms with Crippen LogP contribution in [0.25, 0.3) is 0 Å². The van der Waals surface area contributed by atoms with Crippen molar-refractivity contribution in [3.63, 3.8) is 0 Å². The lowest BCUT2D eigenvalue weighted by Crippen LogP contribution is -2.40. The summed E-state index contributed by atoms with van der Waals surface area (Å²) < 4.78 is 27.6. The quantitative estimate of drug-likeness (QED) is 0.615. The molecule has 0 aliphatic heterocycles. The lowest BCUT2D eigenvalue weighted by molar-refractivity contribution is 0.342. The molecule has 1 aromatic carbocycles. The Morgan fingerprint density at radius 3 is 2.59 bits per heavy atom. The van der Waals surface area contributed by atoms with Gasteiger partial charge in [-0.3, -0.25) is 0 Å². The van der Waals surface area contributed by atoms with Crippen molar-refractivity contribution in [3.05, 3.63) is 42.0 Å². The van der Waals surface area contributed by atoms with Gasteiger partial charge in [-0.2, -0.15) is 4.31 Å². The maximum absolute atomic E-state index is 13.0. The van der Waals surface area contributed by atoms with Gasteiger partial charge in [0, 0.05) is 19.0 Å². The van der Waals surface area contributed by atoms with Crippen LogP contribution in [0.5, 0.6) is 0 Å². The van der Waals surface area contributed by atoms with Crippen LogP contribution in [0.2, 0.25) is 0 Å². The lowest BCUT2D eigenvalue weighted by atomic mass is 10.0. The maximum Gasteiger partial charge on any atom is 0.243 e. The average Bonchev–Trinajstić information content (AvgIpc) is 2.52. The zero-order valence-electron chi connectivity index (χ0n) is 13.2. The van der Waals surface area contributed by atoms with Gasteiger partial charge in [-0.15, -0.1) is 11.8 Å². The predicted octanol–water partition coefficient (Wildman–Crippen LogP) is 3.51. The summed E-state index contributed by atoms with van der Waals surface area (Å²) in [6.45, 7) is 4.17. The fourth-order valence-corrected chi connectivity index (χ4v) is 4.25. The van der Waals surface area contributed by atoms with Crippen LogP contribution in [0.4, 0.5) is 0 Å². The number of nitrogens with zero attached hydrogens (tertiary/aromatic N) is 1. The summed E-state index contributed by atoms with van der Waals surface area (Å²) in [4.78, 5) is 0.363. The first-order valence-corrected chi connectivity index (χ1v) is 9.14. The third kappa shape index (κ3) is 4.00. The molecule has 1 atom stereocenters. The van der Waals surface area contributed by atoms with Crippen molar-refractivity contribution in [2.45, 2.75) is 50.5 Å². The molecule has 4 heteroatoms. The van der Waals surface area contributed by atoms with Crippen molar-refractivity contribution in [3.8, 4) is 11.8 Å². The van der Waals surface area contributed by atoms with Gasteiger partial charge in [0.05, 0.1) is 4.90 Å². The van der Waals surface area contributed by atoms with Crippen molar-refractivity contribution in [1.82, 2.24) is 4.31 Å². The SMILES string of the molecule is CC#CCCN(C1C=CCCC1)S(=O)(=O)c1ccc(C)cc1. The molecule has 118 valence electrons. The fourth-order valence-electron chi connectivity index (χ4n) is 2.64. The summed E-state index contributed by atoms with van der Waals surface area (Å²) >= 11 is 0. The van der Waals surface area contributed by atoms with Crippen LogP contribution in [0, 0.1) is 18.8 Å². The van der Waals surface area contributed by atoms with Gasteiger partial charge in [0.2, 0.25) is 10.0 Å². The molecule has 0 radical (unpaired) electrons. The zero-order valence-corrected chi connectivity index (χ0v) is 14.1. The van der Waals surface area contributed by atoms with E-state index < -0.39 is 10.0 Å². The molecule has 0 saturated heterocycles. The van der Waals surface area contributed by atoms with Gasteiger partial charge in [0.15, 0.2) is 0 Å². The molecule has 22 heavy (non-hydrogen) atoms. The molecular formula is C18H23NO2S. The summed E-state index contributed by atoms with van der Waals surface area (Å²) in [6.07, 6.45) is 7.60. The van der Waals surface area contributed by atoms with E-state index in [1.54, 1.807) is 23.4 Å². The zero-order chi connectivity index (χ0) is 16.0. The number of sulfonamides is 1. The Morgan fingerprint density at radius 1 is 1.27 bits per heavy atom. The Hall–Kier alpha value is -1.57. The summed E-state index contributed by atoms with van der Waals surface area (Å²) in [6, 6.07) is 7.01. The van der Waals surface area contributed by atoms with Crippen molar-refractivity contribution >= 4 is 10.0 Å². The molecule has 0 aromatic heterocycles. The number of aryl methyl sites for hydroxylation is 1. The first-order chi connectivity index (χ1) is 10.6. The molecule has 2 rings (SSSR count). The van der Waals surface area contributed by atoms with Crippen molar-refractivity contribution < 1.29 is 8.42 Å². The van der Waals surface area contributed by atoms with Crippen LogP contribution in [-0.2, 0) is 10.0 Å². The number of hydrogen-bond acceptors (Lipinski definition) is 2. The van der Waals surface area contributed by atoms with Crippen LogP contribution < -0.4 is 0 Å². The number of benzene rings is 1. The third-order valence-electron chi connectivity index (χ3n) is 3.86. The molecule has 0 amide bonds. The Kier molecular flexibility index (Phi) is 5.82. The predicted molar refractivity (Wildman–Crippen MR) is 89.9 cm³/mol. The minimum atomic E-state index is -3.48. The second-order valence-corrected chi connectivity index (χ2v) is 7.42. The van der Waals surface area contributed by atoms with Gasteiger partial charge in [-0.1, -0.05) is 29.8 Å². The molecule has 0 spiro atoms. The van der Waals surface area contributed by atoms with E-state index in [1.807, 2.05) is 25.1 Å². The van der Waals surface area contributed by atoms with Crippen LogP contribution in [-0.4, -0.2) is 25.3 Å². The van der Waals surface area contributed by atoms with E-state index in [9.17, 15) is 8.42 Å². The summed E-state index contributed by atoms with van der Waals surface area (Å²) in [5.74, 6) is 5.81. The Labute approximate surface area is 134 Å². The van der Waals surface area contributed by atoms with Gasteiger partial charge < -0.3 is 0 Å². The van der Waals surface area contributed by atoms with E-state index in [2.05, 4.69) is 17.9 Å². The second kappa shape index (κ2) is 7.62. The second-order valence-electron chi connectivity index (χ2n) is 5.53. The van der Waals surface area contributed by atoms with E-state index >= 15 is 0 Å². The first-order valence-electron chi connectivity index (χ1n) is 7.70. The average molecular weight is 317 g/mol. The molecule has 0 heterocycles. The van der Waals surface area contributed by atoms with E-state index in [4.69, 9.17) is 0 Å². The van der Waals surface area contributed by atoms with Gasteiger partial charge in [0.1, 0.15) is 0 Å². The first kappa shape index (κ1) is 16.8. The topological polar surface area (TPSA) is 37.4 Å². The smallest absolute Gasteiger partial charge is 0.207 e. The van der Waals surface area contributed by atoms with Gasteiger partial charge in [0.25, 0.3) is 0 Å². The van der Waals surface area contributed by atoms with E-state index in [0.717, 1.165) is 24.8 Å². The Morgan fingerprint density at radius 2 is 2.00 bits per heavy atom. The molecule has 1 aromatic rings. The molecule has 3 nitrogen and oxygen atoms in total. The van der Waals surface area contributed by atoms with E-state index in [1.165, 1.54) is 0 Å². The molecular weight excluding hydrogens is 294 g/mol. The van der Waals surface area contributed by atoms with Crippen molar-refractivity contribution in [2.75, 3.05) is 6.54 Å². The fraction of sp³-hybridized carbons (Fsp3) is 0.444. The van der Waals surface area contributed by atoms with Gasteiger partial charge in [-0.05, 0) is 45.2 Å². The minimum absolute atomic E-state index is 0.0568. The van der Waals surface area contributed by atoms with E-state index in [0.29, 0.717) is 17.9 Å². The highest BCUT2D eigenvalue weighted by Gasteiger charge is 2.30. The molecule has 0 bridgehead atoms. The maximum atomic E-state index is 13.0. The monoisotopic (exact) mass is 317 g/mol. The summed E-state index contributed by atoms with van der Waals surface area (Å²) in [5, 5.41) is 0. The molecule has 1 aliphatic rings. The molecule has 0 saturated carbocycles. The summed E-state index contributed by atoms with van der Waals surface area (Å²) in [7, 11) is -3.48. The largest absolute Gasteiger partial charge is 0.243 e. The van der Waals surface area contributed by atoms with Crippen LogP contribution in [0.1, 0.15) is 38.2 Å². The Bertz CT molecular complexity index is 678. The van der Waals surface area contributed by atoms with Crippen LogP contribution >= 0.6 is 0 Å². The number of allylic oxidation sites excluding steroid dienone is 1. The highest BCUT2D eigenvalue weighted by molar-refractivity contribution is 7.89. The summed E-state index contributed by atoms with van der Waals surface area (Å²) in [5.41, 5.74) is 1.06. The number of hydrogen-bond donors (Lipinski definition) is 0. The van der Waals surface area contributed by atoms with Crippen molar-refractivity contribution in [2.24, 2.45) is 0 Å². The number of rotatable bonds is 5. The van der Waals surface area contributed by atoms with Crippen molar-refractivity contribution in [1.29, 1.82) is 0 Å². The lowest BCUT2D eigenvalue weighted by Gasteiger charge is -2.30. The molecule has 0 N–H and O–H groups in total. The molecule has 1 unspecified atom stereocenters. The van der Waals surface area contributed by atoms with Crippen LogP contribution in [0.3, 0.4) is 0 Å². The minimum Gasteiger partial charge on any atom is -0.207 e. The molecule has 0 fully saturated rings.